The van der Waals surface area contributed by atoms with Crippen LogP contribution in [0.4, 0.5) is 0 Å². The van der Waals surface area contributed by atoms with Crippen molar-refractivity contribution in [1.29, 1.82) is 0 Å². The van der Waals surface area contributed by atoms with Gasteiger partial charge in [-0.05, 0) is 29.6 Å². The van der Waals surface area contributed by atoms with Gasteiger partial charge in [-0.3, -0.25) is 4.79 Å². The SMILES string of the molecule is CCCN1CCC(C(C)(C)C)C(C(C)(C)C)C1=O. The predicted molar refractivity (Wildman–Crippen MR) is 77.4 cm³/mol. The molecule has 18 heavy (non-hydrogen) atoms. The number of carbonyl (C=O) groups is 1. The first kappa shape index (κ1) is 15.5. The van der Waals surface area contributed by atoms with E-state index in [4.69, 9.17) is 0 Å². The van der Waals surface area contributed by atoms with E-state index < -0.39 is 0 Å². The molecular weight excluding hydrogens is 222 g/mol. The number of hydrogen-bond acceptors (Lipinski definition) is 1. The van der Waals surface area contributed by atoms with Gasteiger partial charge in [0.1, 0.15) is 0 Å². The molecule has 0 spiro atoms. The maximum Gasteiger partial charge on any atom is 0.226 e. The van der Waals surface area contributed by atoms with Gasteiger partial charge in [0.2, 0.25) is 5.91 Å². The van der Waals surface area contributed by atoms with Crippen molar-refractivity contribution < 1.29 is 4.79 Å². The highest BCUT2D eigenvalue weighted by atomic mass is 16.2. The number of hydrogen-bond donors (Lipinski definition) is 0. The molecule has 1 aliphatic heterocycles. The van der Waals surface area contributed by atoms with Crippen LogP contribution in [0.2, 0.25) is 0 Å². The fraction of sp³-hybridized carbons (Fsp3) is 0.938. The lowest BCUT2D eigenvalue weighted by atomic mass is 9.61. The Bertz CT molecular complexity index is 295. The molecule has 0 bridgehead atoms. The number of piperidine rings is 1. The molecule has 0 aromatic carbocycles. The van der Waals surface area contributed by atoms with Crippen molar-refractivity contribution in [3.8, 4) is 0 Å². The van der Waals surface area contributed by atoms with E-state index in [1.807, 2.05) is 0 Å². The van der Waals surface area contributed by atoms with E-state index >= 15 is 0 Å². The van der Waals surface area contributed by atoms with Gasteiger partial charge in [0, 0.05) is 19.0 Å². The van der Waals surface area contributed by atoms with Gasteiger partial charge in [0.05, 0.1) is 0 Å². The molecule has 0 N–H and O–H groups in total. The fourth-order valence-electron chi connectivity index (χ4n) is 3.34. The molecule has 2 nitrogen and oxygen atoms in total. The molecule has 1 saturated heterocycles. The Morgan fingerprint density at radius 2 is 1.67 bits per heavy atom. The number of rotatable bonds is 2. The molecule has 1 rings (SSSR count). The summed E-state index contributed by atoms with van der Waals surface area (Å²) in [6, 6.07) is 0. The maximum atomic E-state index is 12.7. The summed E-state index contributed by atoms with van der Waals surface area (Å²) >= 11 is 0. The number of carbonyl (C=O) groups excluding carboxylic acids is 1. The molecule has 106 valence electrons. The van der Waals surface area contributed by atoms with Gasteiger partial charge in [-0.15, -0.1) is 0 Å². The van der Waals surface area contributed by atoms with Crippen LogP contribution in [0, 0.1) is 22.7 Å². The van der Waals surface area contributed by atoms with Crippen molar-refractivity contribution in [2.45, 2.75) is 61.3 Å². The van der Waals surface area contributed by atoms with Gasteiger partial charge in [-0.25, -0.2) is 0 Å². The lowest BCUT2D eigenvalue weighted by Crippen LogP contribution is -2.53. The minimum atomic E-state index is 0.0570. The summed E-state index contributed by atoms with van der Waals surface area (Å²) in [5.74, 6) is 1.05. The largest absolute Gasteiger partial charge is 0.342 e. The van der Waals surface area contributed by atoms with Gasteiger partial charge >= 0.3 is 0 Å². The van der Waals surface area contributed by atoms with Gasteiger partial charge in [0.15, 0.2) is 0 Å². The quantitative estimate of drug-likeness (QED) is 0.729. The molecule has 1 amide bonds. The molecule has 1 aliphatic rings. The average molecular weight is 253 g/mol. The molecule has 2 heteroatoms. The third-order valence-corrected chi connectivity index (χ3v) is 4.23. The van der Waals surface area contributed by atoms with Crippen molar-refractivity contribution in [2.24, 2.45) is 22.7 Å². The molecule has 2 atom stereocenters. The lowest BCUT2D eigenvalue weighted by molar-refractivity contribution is -0.150. The Balaban J connectivity index is 3.01. The summed E-state index contributed by atoms with van der Waals surface area (Å²) in [6.45, 7) is 17.5. The molecule has 0 saturated carbocycles. The van der Waals surface area contributed by atoms with Crippen molar-refractivity contribution in [3.63, 3.8) is 0 Å². The highest BCUT2D eigenvalue weighted by molar-refractivity contribution is 5.80. The average Bonchev–Trinajstić information content (AvgIpc) is 2.17. The van der Waals surface area contributed by atoms with E-state index in [-0.39, 0.29) is 16.7 Å². The van der Waals surface area contributed by atoms with Crippen LogP contribution in [0.5, 0.6) is 0 Å². The van der Waals surface area contributed by atoms with E-state index in [2.05, 4.69) is 53.4 Å². The summed E-state index contributed by atoms with van der Waals surface area (Å²) < 4.78 is 0. The van der Waals surface area contributed by atoms with Crippen molar-refractivity contribution in [3.05, 3.63) is 0 Å². The van der Waals surface area contributed by atoms with Crippen LogP contribution in [0.1, 0.15) is 61.3 Å². The minimum Gasteiger partial charge on any atom is -0.342 e. The Hall–Kier alpha value is -0.530. The summed E-state index contributed by atoms with van der Waals surface area (Å²) in [5, 5.41) is 0. The summed E-state index contributed by atoms with van der Waals surface area (Å²) in [6.07, 6.45) is 2.21. The third kappa shape index (κ3) is 3.27. The molecule has 0 aliphatic carbocycles. The number of likely N-dealkylation sites (tertiary alicyclic amines) is 1. The van der Waals surface area contributed by atoms with Gasteiger partial charge in [0.25, 0.3) is 0 Å². The first-order valence-electron chi connectivity index (χ1n) is 7.37. The Morgan fingerprint density at radius 1 is 1.11 bits per heavy atom. The second kappa shape index (κ2) is 5.22. The number of amides is 1. The normalized spacial score (nSPS) is 26.6. The molecule has 1 heterocycles. The van der Waals surface area contributed by atoms with E-state index in [0.29, 0.717) is 11.8 Å². The van der Waals surface area contributed by atoms with Crippen molar-refractivity contribution in [1.82, 2.24) is 4.90 Å². The second-order valence-electron chi connectivity index (χ2n) is 7.93. The van der Waals surface area contributed by atoms with Gasteiger partial charge in [-0.1, -0.05) is 48.5 Å². The van der Waals surface area contributed by atoms with Crippen molar-refractivity contribution >= 4 is 5.91 Å². The summed E-state index contributed by atoms with van der Waals surface area (Å²) in [4.78, 5) is 14.8. The van der Waals surface area contributed by atoms with E-state index in [9.17, 15) is 4.79 Å². The van der Waals surface area contributed by atoms with E-state index in [1.165, 1.54) is 0 Å². The molecule has 0 aromatic rings. The Morgan fingerprint density at radius 3 is 2.06 bits per heavy atom. The standard InChI is InChI=1S/C16H31NO/c1-8-10-17-11-9-12(15(2,3)4)13(14(17)18)16(5,6)7/h12-13H,8-11H2,1-7H3. The monoisotopic (exact) mass is 253 g/mol. The number of nitrogens with zero attached hydrogens (tertiary/aromatic N) is 1. The maximum absolute atomic E-state index is 12.7. The summed E-state index contributed by atoms with van der Waals surface area (Å²) in [5.41, 5.74) is 0.271. The zero-order chi connectivity index (χ0) is 14.1. The fourth-order valence-corrected chi connectivity index (χ4v) is 3.34. The highest BCUT2D eigenvalue weighted by Gasteiger charge is 2.47. The predicted octanol–water partition coefficient (Wildman–Crippen LogP) is 3.95. The zero-order valence-electron chi connectivity index (χ0n) is 13.3. The smallest absolute Gasteiger partial charge is 0.226 e. The molecular formula is C16H31NO. The molecule has 0 radical (unpaired) electrons. The van der Waals surface area contributed by atoms with Crippen LogP contribution < -0.4 is 0 Å². The van der Waals surface area contributed by atoms with Crippen LogP contribution in [0.15, 0.2) is 0 Å². The van der Waals surface area contributed by atoms with Crippen molar-refractivity contribution in [2.75, 3.05) is 13.1 Å². The first-order valence-corrected chi connectivity index (χ1v) is 7.37. The Kier molecular flexibility index (Phi) is 4.51. The highest BCUT2D eigenvalue weighted by Crippen LogP contribution is 2.46. The van der Waals surface area contributed by atoms with Crippen LogP contribution in [0.25, 0.3) is 0 Å². The summed E-state index contributed by atoms with van der Waals surface area (Å²) in [7, 11) is 0. The zero-order valence-corrected chi connectivity index (χ0v) is 13.3. The van der Waals surface area contributed by atoms with Gasteiger partial charge < -0.3 is 4.90 Å². The molecule has 2 unspecified atom stereocenters. The van der Waals surface area contributed by atoms with Crippen LogP contribution in [0.3, 0.4) is 0 Å². The van der Waals surface area contributed by atoms with Crippen LogP contribution >= 0.6 is 0 Å². The first-order chi connectivity index (χ1) is 8.09. The minimum absolute atomic E-state index is 0.0570. The van der Waals surface area contributed by atoms with Crippen LogP contribution in [-0.2, 0) is 4.79 Å². The Labute approximate surface area is 113 Å². The molecule has 1 fully saturated rings. The lowest BCUT2D eigenvalue weighted by Gasteiger charge is -2.48. The topological polar surface area (TPSA) is 20.3 Å². The second-order valence-corrected chi connectivity index (χ2v) is 7.93. The van der Waals surface area contributed by atoms with Crippen LogP contribution in [-0.4, -0.2) is 23.9 Å². The third-order valence-electron chi connectivity index (χ3n) is 4.23. The van der Waals surface area contributed by atoms with E-state index in [1.54, 1.807) is 0 Å². The van der Waals surface area contributed by atoms with Gasteiger partial charge in [-0.2, -0.15) is 0 Å². The van der Waals surface area contributed by atoms with E-state index in [0.717, 1.165) is 25.9 Å². The molecule has 0 aromatic heterocycles.